The van der Waals surface area contributed by atoms with Crippen molar-refractivity contribution in [3.63, 3.8) is 0 Å². The predicted octanol–water partition coefficient (Wildman–Crippen LogP) is 1.08. The van der Waals surface area contributed by atoms with Crippen molar-refractivity contribution in [2.24, 2.45) is 0 Å². The van der Waals surface area contributed by atoms with E-state index >= 15 is 0 Å². The van der Waals surface area contributed by atoms with Gasteiger partial charge in [-0.15, -0.1) is 11.3 Å². The Balaban J connectivity index is 2.30. The largest absolute Gasteiger partial charge is 0.477 e. The highest BCUT2D eigenvalue weighted by Gasteiger charge is 2.35. The Morgan fingerprint density at radius 2 is 2.15 bits per heavy atom. The molecule has 1 aromatic heterocycles. The normalized spacial score (nSPS) is 20.7. The van der Waals surface area contributed by atoms with Crippen LogP contribution in [-0.4, -0.2) is 61.9 Å². The summed E-state index contributed by atoms with van der Waals surface area (Å²) in [5.74, 6) is -1.09. The number of carboxylic acids is 1. The Labute approximate surface area is 122 Å². The molecule has 0 saturated carbocycles. The van der Waals surface area contributed by atoms with Crippen molar-refractivity contribution in [3.8, 4) is 0 Å². The summed E-state index contributed by atoms with van der Waals surface area (Å²) in [7, 11) is 0.265. The second-order valence-corrected chi connectivity index (χ2v) is 8.27. The molecule has 0 bridgehead atoms. The van der Waals surface area contributed by atoms with Gasteiger partial charge < -0.3 is 10.0 Å². The lowest BCUT2D eigenvalue weighted by Crippen LogP contribution is -2.34. The molecule has 0 spiro atoms. The van der Waals surface area contributed by atoms with Gasteiger partial charge >= 0.3 is 5.97 Å². The van der Waals surface area contributed by atoms with Crippen molar-refractivity contribution in [1.82, 2.24) is 9.21 Å². The zero-order chi connectivity index (χ0) is 15.1. The predicted molar refractivity (Wildman–Crippen MR) is 76.9 cm³/mol. The molecule has 1 aliphatic heterocycles. The molecule has 0 radical (unpaired) electrons. The summed E-state index contributed by atoms with van der Waals surface area (Å²) >= 11 is 0.999. The number of aromatic carboxylic acids is 1. The standard InChI is InChI=1S/C12H18N2O4S2/c1-8-11(6-10(19-8)12(15)16)20(17,18)14-5-4-9(7-14)13(2)3/h6,9H,4-5,7H2,1-3H3,(H,15,16). The van der Waals surface area contributed by atoms with Gasteiger partial charge in [0, 0.05) is 24.0 Å². The Hall–Kier alpha value is -0.960. The molecule has 20 heavy (non-hydrogen) atoms. The molecule has 1 atom stereocenters. The van der Waals surface area contributed by atoms with Gasteiger partial charge in [0.2, 0.25) is 10.0 Å². The molecule has 1 aromatic rings. The van der Waals surface area contributed by atoms with Crippen molar-refractivity contribution >= 4 is 27.3 Å². The maximum absolute atomic E-state index is 12.6. The summed E-state index contributed by atoms with van der Waals surface area (Å²) in [5, 5.41) is 8.96. The third-order valence-electron chi connectivity index (χ3n) is 3.56. The van der Waals surface area contributed by atoms with Gasteiger partial charge in [0.05, 0.1) is 4.90 Å². The van der Waals surface area contributed by atoms with Crippen molar-refractivity contribution < 1.29 is 18.3 Å². The lowest BCUT2D eigenvalue weighted by Gasteiger charge is -2.20. The van der Waals surface area contributed by atoms with E-state index in [-0.39, 0.29) is 15.8 Å². The first-order chi connectivity index (χ1) is 9.23. The maximum Gasteiger partial charge on any atom is 0.345 e. The lowest BCUT2D eigenvalue weighted by atomic mass is 10.2. The molecule has 112 valence electrons. The van der Waals surface area contributed by atoms with Gasteiger partial charge in [-0.05, 0) is 33.5 Å². The third kappa shape index (κ3) is 2.73. The smallest absolute Gasteiger partial charge is 0.345 e. The highest BCUT2D eigenvalue weighted by Crippen LogP contribution is 2.30. The number of carbonyl (C=O) groups is 1. The summed E-state index contributed by atoms with van der Waals surface area (Å²) < 4.78 is 26.6. The van der Waals surface area contributed by atoms with Crippen molar-refractivity contribution in [3.05, 3.63) is 15.8 Å². The molecule has 8 heteroatoms. The van der Waals surface area contributed by atoms with Gasteiger partial charge in [0.25, 0.3) is 0 Å². The number of thiophene rings is 1. The van der Waals surface area contributed by atoms with E-state index in [1.165, 1.54) is 10.4 Å². The number of hydrogen-bond donors (Lipinski definition) is 1. The fourth-order valence-corrected chi connectivity index (χ4v) is 5.21. The Kier molecular flexibility index (Phi) is 4.19. The van der Waals surface area contributed by atoms with E-state index in [2.05, 4.69) is 0 Å². The molecule has 6 nitrogen and oxygen atoms in total. The van der Waals surface area contributed by atoms with Crippen LogP contribution in [0.2, 0.25) is 0 Å². The van der Waals surface area contributed by atoms with Crippen molar-refractivity contribution in [1.29, 1.82) is 0 Å². The van der Waals surface area contributed by atoms with Gasteiger partial charge in [-0.1, -0.05) is 0 Å². The van der Waals surface area contributed by atoms with E-state index < -0.39 is 16.0 Å². The zero-order valence-corrected chi connectivity index (χ0v) is 13.3. The van der Waals surface area contributed by atoms with Crippen LogP contribution < -0.4 is 0 Å². The van der Waals surface area contributed by atoms with Crippen molar-refractivity contribution in [2.75, 3.05) is 27.2 Å². The monoisotopic (exact) mass is 318 g/mol. The molecular formula is C12H18N2O4S2. The number of likely N-dealkylation sites (N-methyl/N-ethyl adjacent to an activating group) is 1. The van der Waals surface area contributed by atoms with Crippen LogP contribution in [0.3, 0.4) is 0 Å². The van der Waals surface area contributed by atoms with Gasteiger partial charge in [-0.3, -0.25) is 0 Å². The highest BCUT2D eigenvalue weighted by molar-refractivity contribution is 7.89. The van der Waals surface area contributed by atoms with Crippen LogP contribution in [0.5, 0.6) is 0 Å². The third-order valence-corrected chi connectivity index (χ3v) is 6.72. The lowest BCUT2D eigenvalue weighted by molar-refractivity contribution is 0.0702. The van der Waals surface area contributed by atoms with Gasteiger partial charge in [0.15, 0.2) is 0 Å². The molecule has 1 aliphatic rings. The number of nitrogens with zero attached hydrogens (tertiary/aromatic N) is 2. The average molecular weight is 318 g/mol. The molecule has 2 rings (SSSR count). The summed E-state index contributed by atoms with van der Waals surface area (Å²) in [6.45, 7) is 2.57. The minimum atomic E-state index is -3.59. The molecule has 0 aliphatic carbocycles. The minimum Gasteiger partial charge on any atom is -0.477 e. The first-order valence-corrected chi connectivity index (χ1v) is 8.49. The first-order valence-electron chi connectivity index (χ1n) is 6.23. The molecule has 1 fully saturated rings. The van der Waals surface area contributed by atoms with Crippen LogP contribution in [0.4, 0.5) is 0 Å². The van der Waals surface area contributed by atoms with Crippen LogP contribution in [0.1, 0.15) is 21.0 Å². The van der Waals surface area contributed by atoms with Crippen LogP contribution in [0.25, 0.3) is 0 Å². The summed E-state index contributed by atoms with van der Waals surface area (Å²) in [5.41, 5.74) is 0. The number of carboxylic acid groups (broad SMARTS) is 1. The van der Waals surface area contributed by atoms with E-state index in [0.717, 1.165) is 17.8 Å². The second-order valence-electron chi connectivity index (χ2n) is 5.11. The fourth-order valence-electron chi connectivity index (χ4n) is 2.32. The summed E-state index contributed by atoms with van der Waals surface area (Å²) in [6, 6.07) is 1.48. The highest BCUT2D eigenvalue weighted by atomic mass is 32.2. The molecule has 2 heterocycles. The van der Waals surface area contributed by atoms with E-state index in [0.29, 0.717) is 18.0 Å². The molecule has 0 amide bonds. The van der Waals surface area contributed by atoms with Gasteiger partial charge in [-0.2, -0.15) is 4.31 Å². The van der Waals surface area contributed by atoms with Crippen LogP contribution in [-0.2, 0) is 10.0 Å². The quantitative estimate of drug-likeness (QED) is 0.899. The summed E-state index contributed by atoms with van der Waals surface area (Å²) in [4.78, 5) is 13.7. The molecule has 1 saturated heterocycles. The number of hydrogen-bond acceptors (Lipinski definition) is 5. The Bertz CT molecular complexity index is 621. The first kappa shape index (κ1) is 15.4. The van der Waals surface area contributed by atoms with Gasteiger partial charge in [0.1, 0.15) is 4.88 Å². The number of sulfonamides is 1. The van der Waals surface area contributed by atoms with Crippen molar-refractivity contribution in [2.45, 2.75) is 24.3 Å². The number of aryl methyl sites for hydroxylation is 1. The molecule has 1 N–H and O–H groups in total. The van der Waals surface area contributed by atoms with Crippen LogP contribution in [0, 0.1) is 6.92 Å². The van der Waals surface area contributed by atoms with Crippen LogP contribution in [0.15, 0.2) is 11.0 Å². The Morgan fingerprint density at radius 3 is 2.60 bits per heavy atom. The van der Waals surface area contributed by atoms with E-state index in [4.69, 9.17) is 5.11 Å². The van der Waals surface area contributed by atoms with E-state index in [1.54, 1.807) is 6.92 Å². The number of rotatable bonds is 4. The molecule has 1 unspecified atom stereocenters. The zero-order valence-electron chi connectivity index (χ0n) is 11.7. The maximum atomic E-state index is 12.6. The van der Waals surface area contributed by atoms with E-state index in [9.17, 15) is 13.2 Å². The van der Waals surface area contributed by atoms with Crippen LogP contribution >= 0.6 is 11.3 Å². The summed E-state index contributed by atoms with van der Waals surface area (Å²) in [6.07, 6.45) is 0.793. The second kappa shape index (κ2) is 5.44. The van der Waals surface area contributed by atoms with E-state index in [1.807, 2.05) is 19.0 Å². The molecular weight excluding hydrogens is 300 g/mol. The molecule has 0 aromatic carbocycles. The van der Waals surface area contributed by atoms with Gasteiger partial charge in [-0.25, -0.2) is 13.2 Å². The fraction of sp³-hybridized carbons (Fsp3) is 0.583. The minimum absolute atomic E-state index is 0.0597. The SMILES string of the molecule is Cc1sc(C(=O)O)cc1S(=O)(=O)N1CCC(N(C)C)C1. The topological polar surface area (TPSA) is 77.9 Å². The average Bonchev–Trinajstić information content (AvgIpc) is 2.94. The Morgan fingerprint density at radius 1 is 1.50 bits per heavy atom.